The summed E-state index contributed by atoms with van der Waals surface area (Å²) in [6.07, 6.45) is 0.862. The van der Waals surface area contributed by atoms with Gasteiger partial charge in [0.15, 0.2) is 11.5 Å². The number of ketones is 1. The summed E-state index contributed by atoms with van der Waals surface area (Å²) in [6.45, 7) is 1.52. The summed E-state index contributed by atoms with van der Waals surface area (Å²) in [7, 11) is 0. The maximum Gasteiger partial charge on any atom is 0.195 e. The number of benzene rings is 1. The number of carbonyl (C=O) groups is 1. The molecule has 2 rings (SSSR count). The Balaban J connectivity index is 2.27. The van der Waals surface area contributed by atoms with E-state index in [9.17, 15) is 9.18 Å². The van der Waals surface area contributed by atoms with Crippen LogP contribution in [0.1, 0.15) is 19.2 Å². The van der Waals surface area contributed by atoms with E-state index < -0.39 is 0 Å². The first-order chi connectivity index (χ1) is 7.15. The zero-order chi connectivity index (χ0) is 10.8. The second kappa shape index (κ2) is 3.81. The first-order valence-electron chi connectivity index (χ1n) is 4.69. The van der Waals surface area contributed by atoms with E-state index in [1.54, 1.807) is 6.07 Å². The minimum atomic E-state index is -0.350. The first kappa shape index (κ1) is 9.83. The van der Waals surface area contributed by atoms with Crippen molar-refractivity contribution in [3.8, 4) is 0 Å². The van der Waals surface area contributed by atoms with Gasteiger partial charge in [-0.1, -0.05) is 0 Å². The second-order valence-electron chi connectivity index (χ2n) is 3.42. The van der Waals surface area contributed by atoms with Crippen molar-refractivity contribution in [2.24, 2.45) is 0 Å². The van der Waals surface area contributed by atoms with Gasteiger partial charge in [0, 0.05) is 18.9 Å². The summed E-state index contributed by atoms with van der Waals surface area (Å²) < 4.78 is 18.1. The lowest BCUT2D eigenvalue weighted by molar-refractivity contribution is -0.117. The fourth-order valence-electron chi connectivity index (χ4n) is 1.34. The molecule has 15 heavy (non-hydrogen) atoms. The van der Waals surface area contributed by atoms with Crippen LogP contribution in [0.4, 0.5) is 4.39 Å². The monoisotopic (exact) mass is 207 g/mol. The van der Waals surface area contributed by atoms with Crippen molar-refractivity contribution in [1.29, 1.82) is 0 Å². The fraction of sp³-hybridized carbons (Fsp3) is 0.273. The van der Waals surface area contributed by atoms with Crippen LogP contribution in [0, 0.1) is 5.82 Å². The molecule has 0 saturated heterocycles. The van der Waals surface area contributed by atoms with Crippen molar-refractivity contribution in [3.05, 3.63) is 29.9 Å². The van der Waals surface area contributed by atoms with Crippen molar-refractivity contribution in [2.45, 2.75) is 19.8 Å². The van der Waals surface area contributed by atoms with E-state index in [2.05, 4.69) is 4.98 Å². The number of halogens is 1. The molecule has 0 aliphatic heterocycles. The highest BCUT2D eigenvalue weighted by Gasteiger charge is 2.07. The summed E-state index contributed by atoms with van der Waals surface area (Å²) >= 11 is 0. The Morgan fingerprint density at radius 1 is 1.53 bits per heavy atom. The van der Waals surface area contributed by atoms with Crippen molar-refractivity contribution >= 4 is 16.9 Å². The molecule has 0 unspecified atom stereocenters. The molecular formula is C11H10FNO2. The minimum absolute atomic E-state index is 0.0865. The average Bonchev–Trinajstić information content (AvgIpc) is 2.56. The number of Topliss-reactive ketones (excluding diaryl/α,β-unsaturated/α-hetero) is 1. The van der Waals surface area contributed by atoms with Crippen LogP contribution in [-0.4, -0.2) is 10.8 Å². The highest BCUT2D eigenvalue weighted by molar-refractivity contribution is 5.76. The van der Waals surface area contributed by atoms with Gasteiger partial charge in [0.2, 0.25) is 0 Å². The summed E-state index contributed by atoms with van der Waals surface area (Å²) in [6, 6.07) is 4.19. The number of carbonyl (C=O) groups excluding carboxylic acids is 1. The third-order valence-electron chi connectivity index (χ3n) is 2.09. The molecule has 78 valence electrons. The van der Waals surface area contributed by atoms with Gasteiger partial charge < -0.3 is 9.21 Å². The number of aryl methyl sites for hydroxylation is 1. The number of hydrogen-bond donors (Lipinski definition) is 0. The van der Waals surface area contributed by atoms with Crippen LogP contribution in [0.2, 0.25) is 0 Å². The van der Waals surface area contributed by atoms with Crippen LogP contribution < -0.4 is 0 Å². The number of rotatable bonds is 3. The van der Waals surface area contributed by atoms with Crippen LogP contribution in [0.3, 0.4) is 0 Å². The molecule has 1 heterocycles. The molecular weight excluding hydrogens is 197 g/mol. The molecule has 2 aromatic rings. The van der Waals surface area contributed by atoms with Crippen LogP contribution in [0.5, 0.6) is 0 Å². The molecule has 0 atom stereocenters. The first-order valence-corrected chi connectivity index (χ1v) is 4.69. The van der Waals surface area contributed by atoms with Crippen LogP contribution in [0.25, 0.3) is 11.1 Å². The van der Waals surface area contributed by atoms with Gasteiger partial charge in [0.05, 0.1) is 0 Å². The van der Waals surface area contributed by atoms with Crippen molar-refractivity contribution in [2.75, 3.05) is 0 Å². The van der Waals surface area contributed by atoms with Gasteiger partial charge in [-0.3, -0.25) is 0 Å². The fourth-order valence-corrected chi connectivity index (χ4v) is 1.34. The van der Waals surface area contributed by atoms with Gasteiger partial charge in [-0.05, 0) is 19.1 Å². The predicted octanol–water partition coefficient (Wildman–Crippen LogP) is 2.49. The maximum absolute atomic E-state index is 12.8. The average molecular weight is 207 g/mol. The number of aromatic nitrogens is 1. The summed E-state index contributed by atoms with van der Waals surface area (Å²) in [5.74, 6) is 0.214. The molecule has 0 N–H and O–H groups in total. The molecule has 1 aromatic heterocycles. The molecule has 0 radical (unpaired) electrons. The molecule has 0 spiro atoms. The third-order valence-corrected chi connectivity index (χ3v) is 2.09. The van der Waals surface area contributed by atoms with E-state index in [4.69, 9.17) is 4.42 Å². The highest BCUT2D eigenvalue weighted by atomic mass is 19.1. The van der Waals surface area contributed by atoms with Crippen LogP contribution >= 0.6 is 0 Å². The molecule has 0 aliphatic rings. The summed E-state index contributed by atoms with van der Waals surface area (Å²) in [5.41, 5.74) is 1.04. The standard InChI is InChI=1S/C11H10FNO2/c1-7(14)2-5-11-13-9-4-3-8(12)6-10(9)15-11/h3-4,6H,2,5H2,1H3. The van der Waals surface area contributed by atoms with Gasteiger partial charge >= 0.3 is 0 Å². The summed E-state index contributed by atoms with van der Waals surface area (Å²) in [5, 5.41) is 0. The van der Waals surface area contributed by atoms with E-state index in [-0.39, 0.29) is 11.6 Å². The maximum atomic E-state index is 12.8. The minimum Gasteiger partial charge on any atom is -0.441 e. The number of oxazole rings is 1. The molecule has 0 aliphatic carbocycles. The number of fused-ring (bicyclic) bond motifs is 1. The van der Waals surface area contributed by atoms with E-state index >= 15 is 0 Å². The molecule has 0 fully saturated rings. The van der Waals surface area contributed by atoms with Crippen molar-refractivity contribution in [1.82, 2.24) is 4.98 Å². The van der Waals surface area contributed by atoms with E-state index in [1.165, 1.54) is 19.1 Å². The Labute approximate surface area is 85.9 Å². The molecule has 0 saturated carbocycles. The molecule has 0 bridgehead atoms. The molecule has 4 heteroatoms. The molecule has 1 aromatic carbocycles. The van der Waals surface area contributed by atoms with Crippen LogP contribution in [-0.2, 0) is 11.2 Å². The quantitative estimate of drug-likeness (QED) is 0.776. The zero-order valence-electron chi connectivity index (χ0n) is 8.29. The zero-order valence-corrected chi connectivity index (χ0v) is 8.29. The second-order valence-corrected chi connectivity index (χ2v) is 3.42. The Morgan fingerprint density at radius 3 is 3.07 bits per heavy atom. The smallest absolute Gasteiger partial charge is 0.195 e. The number of nitrogens with zero attached hydrogens (tertiary/aromatic N) is 1. The van der Waals surface area contributed by atoms with Gasteiger partial charge in [-0.2, -0.15) is 0 Å². The normalized spacial score (nSPS) is 10.8. The van der Waals surface area contributed by atoms with Gasteiger partial charge in [0.25, 0.3) is 0 Å². The van der Waals surface area contributed by atoms with Gasteiger partial charge in [0.1, 0.15) is 17.1 Å². The van der Waals surface area contributed by atoms with Gasteiger partial charge in [-0.25, -0.2) is 9.37 Å². The van der Waals surface area contributed by atoms with Gasteiger partial charge in [-0.15, -0.1) is 0 Å². The molecule has 3 nitrogen and oxygen atoms in total. The topological polar surface area (TPSA) is 43.1 Å². The lowest BCUT2D eigenvalue weighted by Crippen LogP contribution is -1.93. The summed E-state index contributed by atoms with van der Waals surface area (Å²) in [4.78, 5) is 14.9. The number of hydrogen-bond acceptors (Lipinski definition) is 3. The Kier molecular flexibility index (Phi) is 2.49. The Hall–Kier alpha value is -1.71. The lowest BCUT2D eigenvalue weighted by atomic mass is 10.2. The largest absolute Gasteiger partial charge is 0.441 e. The predicted molar refractivity (Wildman–Crippen MR) is 53.0 cm³/mol. The lowest BCUT2D eigenvalue weighted by Gasteiger charge is -1.89. The SMILES string of the molecule is CC(=O)CCc1nc2ccc(F)cc2o1. The van der Waals surface area contributed by atoms with Crippen molar-refractivity contribution < 1.29 is 13.6 Å². The van der Waals surface area contributed by atoms with E-state index in [0.29, 0.717) is 29.8 Å². The Bertz CT molecular complexity index is 504. The van der Waals surface area contributed by atoms with Crippen LogP contribution in [0.15, 0.2) is 22.6 Å². The van der Waals surface area contributed by atoms with Crippen molar-refractivity contribution in [3.63, 3.8) is 0 Å². The Morgan fingerprint density at radius 2 is 2.33 bits per heavy atom. The molecule has 0 amide bonds. The van der Waals surface area contributed by atoms with E-state index in [1.807, 2.05) is 0 Å². The van der Waals surface area contributed by atoms with E-state index in [0.717, 1.165) is 0 Å². The highest BCUT2D eigenvalue weighted by Crippen LogP contribution is 2.17. The third kappa shape index (κ3) is 2.21.